The minimum absolute atomic E-state index is 0.0838. The van der Waals surface area contributed by atoms with Gasteiger partial charge >= 0.3 is 5.97 Å². The third-order valence-corrected chi connectivity index (χ3v) is 2.47. The topological polar surface area (TPSA) is 63.3 Å². The molecule has 92 valence electrons. The van der Waals surface area contributed by atoms with Crippen molar-refractivity contribution in [1.82, 2.24) is 0 Å². The third-order valence-electron chi connectivity index (χ3n) is 2.47. The van der Waals surface area contributed by atoms with Crippen LogP contribution in [0.15, 0.2) is 30.3 Å². The van der Waals surface area contributed by atoms with Gasteiger partial charge in [-0.15, -0.1) is 0 Å². The van der Waals surface area contributed by atoms with Crippen molar-refractivity contribution in [2.75, 3.05) is 6.54 Å². The number of carboxylic acids is 1. The van der Waals surface area contributed by atoms with E-state index >= 15 is 0 Å². The Morgan fingerprint density at radius 3 is 2.53 bits per heavy atom. The van der Waals surface area contributed by atoms with E-state index in [2.05, 4.69) is 12.2 Å². The molecule has 0 atom stereocenters. The Morgan fingerprint density at radius 2 is 1.94 bits per heavy atom. The lowest BCUT2D eigenvalue weighted by molar-refractivity contribution is -0.136. The van der Waals surface area contributed by atoms with Gasteiger partial charge in [-0.2, -0.15) is 0 Å². The summed E-state index contributed by atoms with van der Waals surface area (Å²) < 4.78 is 0. The summed E-state index contributed by atoms with van der Waals surface area (Å²) in [6, 6.07) is 7.59. The molecule has 0 saturated carbocycles. The van der Waals surface area contributed by atoms with E-state index in [0.717, 1.165) is 36.9 Å². The van der Waals surface area contributed by atoms with E-state index in [9.17, 15) is 4.79 Å². The third kappa shape index (κ3) is 5.88. The van der Waals surface area contributed by atoms with E-state index in [1.807, 2.05) is 24.3 Å². The first-order valence-corrected chi connectivity index (χ1v) is 5.89. The van der Waals surface area contributed by atoms with Crippen LogP contribution in [0.5, 0.6) is 0 Å². The van der Waals surface area contributed by atoms with Gasteiger partial charge in [0.25, 0.3) is 0 Å². The van der Waals surface area contributed by atoms with Gasteiger partial charge < -0.3 is 10.8 Å². The molecule has 0 heterocycles. The van der Waals surface area contributed by atoms with Crippen LogP contribution in [0.4, 0.5) is 0 Å². The SMILES string of the molecule is NCCCC/C=C/c1ccc(CC(=O)O)cc1. The lowest BCUT2D eigenvalue weighted by atomic mass is 10.1. The standard InChI is InChI=1S/C14H19NO2/c15-10-4-2-1-3-5-12-6-8-13(9-7-12)11-14(16)17/h3,5-9H,1-2,4,10-11,15H2,(H,16,17)/b5-3+. The fourth-order valence-corrected chi connectivity index (χ4v) is 1.55. The van der Waals surface area contributed by atoms with Gasteiger partial charge in [-0.05, 0) is 36.9 Å². The number of allylic oxidation sites excluding steroid dienone is 1. The molecule has 1 aromatic carbocycles. The zero-order valence-corrected chi connectivity index (χ0v) is 9.93. The molecule has 3 nitrogen and oxygen atoms in total. The van der Waals surface area contributed by atoms with Crippen molar-refractivity contribution in [3.63, 3.8) is 0 Å². The predicted molar refractivity (Wildman–Crippen MR) is 69.7 cm³/mol. The van der Waals surface area contributed by atoms with Crippen LogP contribution in [-0.4, -0.2) is 17.6 Å². The summed E-state index contributed by atoms with van der Waals surface area (Å²) >= 11 is 0. The molecule has 0 spiro atoms. The van der Waals surface area contributed by atoms with Crippen LogP contribution in [0.3, 0.4) is 0 Å². The molecule has 3 N–H and O–H groups in total. The van der Waals surface area contributed by atoms with Crippen molar-refractivity contribution < 1.29 is 9.90 Å². The van der Waals surface area contributed by atoms with Gasteiger partial charge in [-0.1, -0.05) is 36.4 Å². The van der Waals surface area contributed by atoms with Gasteiger partial charge in [0.1, 0.15) is 0 Å². The van der Waals surface area contributed by atoms with E-state index in [-0.39, 0.29) is 6.42 Å². The summed E-state index contributed by atoms with van der Waals surface area (Å²) in [5.74, 6) is -0.796. The van der Waals surface area contributed by atoms with Gasteiger partial charge in [0.05, 0.1) is 6.42 Å². The quantitative estimate of drug-likeness (QED) is 0.711. The number of aliphatic carboxylic acids is 1. The van der Waals surface area contributed by atoms with Crippen molar-refractivity contribution in [3.8, 4) is 0 Å². The molecule has 3 heteroatoms. The average Bonchev–Trinajstić information content (AvgIpc) is 2.30. The molecule has 0 fully saturated rings. The molecular formula is C14H19NO2. The van der Waals surface area contributed by atoms with Crippen LogP contribution in [0.25, 0.3) is 6.08 Å². The Morgan fingerprint density at radius 1 is 1.24 bits per heavy atom. The Hall–Kier alpha value is -1.61. The first kappa shape index (κ1) is 13.5. The molecule has 17 heavy (non-hydrogen) atoms. The lowest BCUT2D eigenvalue weighted by Gasteiger charge is -1.98. The molecule has 0 amide bonds. The fourth-order valence-electron chi connectivity index (χ4n) is 1.55. The molecule has 0 saturated heterocycles. The number of carbonyl (C=O) groups is 1. The summed E-state index contributed by atoms with van der Waals surface area (Å²) in [6.45, 7) is 0.748. The molecule has 0 bridgehead atoms. The van der Waals surface area contributed by atoms with Gasteiger partial charge in [0.15, 0.2) is 0 Å². The average molecular weight is 233 g/mol. The smallest absolute Gasteiger partial charge is 0.307 e. The number of hydrogen-bond donors (Lipinski definition) is 2. The normalized spacial score (nSPS) is 10.9. The maximum absolute atomic E-state index is 10.5. The van der Waals surface area contributed by atoms with Crippen LogP contribution < -0.4 is 5.73 Å². The fraction of sp³-hybridized carbons (Fsp3) is 0.357. The highest BCUT2D eigenvalue weighted by Crippen LogP contribution is 2.08. The molecule has 1 rings (SSSR count). The van der Waals surface area contributed by atoms with E-state index < -0.39 is 5.97 Å². The summed E-state index contributed by atoms with van der Waals surface area (Å²) in [6.07, 6.45) is 7.48. The van der Waals surface area contributed by atoms with E-state index in [1.165, 1.54) is 0 Å². The molecular weight excluding hydrogens is 214 g/mol. The number of unbranched alkanes of at least 4 members (excludes halogenated alkanes) is 2. The summed E-state index contributed by atoms with van der Waals surface area (Å²) in [5.41, 5.74) is 7.34. The summed E-state index contributed by atoms with van der Waals surface area (Å²) in [4.78, 5) is 10.5. The van der Waals surface area contributed by atoms with Crippen molar-refractivity contribution in [2.24, 2.45) is 5.73 Å². The van der Waals surface area contributed by atoms with Crippen LogP contribution in [0, 0.1) is 0 Å². The largest absolute Gasteiger partial charge is 0.481 e. The second-order valence-corrected chi connectivity index (χ2v) is 4.00. The number of nitrogens with two attached hydrogens (primary N) is 1. The number of rotatable bonds is 7. The second-order valence-electron chi connectivity index (χ2n) is 4.00. The minimum atomic E-state index is -0.796. The summed E-state index contributed by atoms with van der Waals surface area (Å²) in [7, 11) is 0. The van der Waals surface area contributed by atoms with Crippen molar-refractivity contribution in [2.45, 2.75) is 25.7 Å². The minimum Gasteiger partial charge on any atom is -0.481 e. The van der Waals surface area contributed by atoms with Gasteiger partial charge in [-0.3, -0.25) is 4.79 Å². The predicted octanol–water partition coefficient (Wildman–Crippen LogP) is 2.46. The molecule has 0 aliphatic rings. The molecule has 1 aromatic rings. The monoisotopic (exact) mass is 233 g/mol. The number of benzene rings is 1. The van der Waals surface area contributed by atoms with Crippen LogP contribution in [-0.2, 0) is 11.2 Å². The Labute approximate surface area is 102 Å². The highest BCUT2D eigenvalue weighted by atomic mass is 16.4. The Kier molecular flexibility index (Phi) is 6.04. The highest BCUT2D eigenvalue weighted by Gasteiger charge is 1.98. The zero-order chi connectivity index (χ0) is 12.5. The number of hydrogen-bond acceptors (Lipinski definition) is 2. The maximum Gasteiger partial charge on any atom is 0.307 e. The Bertz CT molecular complexity index is 368. The van der Waals surface area contributed by atoms with Gasteiger partial charge in [-0.25, -0.2) is 0 Å². The number of carboxylic acid groups (broad SMARTS) is 1. The van der Waals surface area contributed by atoms with Gasteiger partial charge in [0, 0.05) is 0 Å². The van der Waals surface area contributed by atoms with E-state index in [0.29, 0.717) is 0 Å². The van der Waals surface area contributed by atoms with Gasteiger partial charge in [0.2, 0.25) is 0 Å². The molecule has 0 aliphatic carbocycles. The molecule has 0 aliphatic heterocycles. The first-order valence-electron chi connectivity index (χ1n) is 5.89. The van der Waals surface area contributed by atoms with Crippen molar-refractivity contribution in [1.29, 1.82) is 0 Å². The molecule has 0 radical (unpaired) electrons. The van der Waals surface area contributed by atoms with Crippen LogP contribution in [0.1, 0.15) is 30.4 Å². The summed E-state index contributed by atoms with van der Waals surface area (Å²) in [5, 5.41) is 8.64. The second kappa shape index (κ2) is 7.63. The Balaban J connectivity index is 2.42. The zero-order valence-electron chi connectivity index (χ0n) is 9.93. The van der Waals surface area contributed by atoms with Crippen LogP contribution >= 0.6 is 0 Å². The highest BCUT2D eigenvalue weighted by molar-refractivity contribution is 5.70. The first-order chi connectivity index (χ1) is 8.22. The molecule has 0 unspecified atom stereocenters. The lowest BCUT2D eigenvalue weighted by Crippen LogP contribution is -1.99. The van der Waals surface area contributed by atoms with Crippen LogP contribution in [0.2, 0.25) is 0 Å². The van der Waals surface area contributed by atoms with E-state index in [4.69, 9.17) is 10.8 Å². The van der Waals surface area contributed by atoms with Crippen molar-refractivity contribution >= 4 is 12.0 Å². The molecule has 0 aromatic heterocycles. The van der Waals surface area contributed by atoms with E-state index in [1.54, 1.807) is 0 Å². The van der Waals surface area contributed by atoms with Crippen molar-refractivity contribution in [3.05, 3.63) is 41.5 Å². The maximum atomic E-state index is 10.5.